The van der Waals surface area contributed by atoms with Gasteiger partial charge in [0.1, 0.15) is 5.82 Å². The van der Waals surface area contributed by atoms with Gasteiger partial charge in [0.15, 0.2) is 0 Å². The molecule has 0 atom stereocenters. The summed E-state index contributed by atoms with van der Waals surface area (Å²) in [6.45, 7) is 5.92. The molecule has 0 amide bonds. The Kier molecular flexibility index (Phi) is 3.76. The van der Waals surface area contributed by atoms with Crippen LogP contribution < -0.4 is 5.32 Å². The first-order valence-electron chi connectivity index (χ1n) is 4.60. The molecule has 0 bridgehead atoms. The minimum absolute atomic E-state index is 0.130. The van der Waals surface area contributed by atoms with Crippen LogP contribution in [0.25, 0.3) is 0 Å². The van der Waals surface area contributed by atoms with Crippen molar-refractivity contribution in [2.45, 2.75) is 20.4 Å². The van der Waals surface area contributed by atoms with E-state index in [-0.39, 0.29) is 6.61 Å². The summed E-state index contributed by atoms with van der Waals surface area (Å²) in [6.07, 6.45) is 1.86. The van der Waals surface area contributed by atoms with E-state index in [0.29, 0.717) is 12.5 Å². The summed E-state index contributed by atoms with van der Waals surface area (Å²) in [5, 5.41) is 16.1. The normalized spacial score (nSPS) is 10.8. The number of aliphatic hydroxyl groups is 1. The molecule has 0 saturated carbocycles. The number of nitrogens with one attached hydrogen (secondary N) is 1. The van der Waals surface area contributed by atoms with E-state index in [2.05, 4.69) is 24.3 Å². The third-order valence-electron chi connectivity index (χ3n) is 1.66. The molecule has 2 N–H and O–H groups in total. The average Bonchev–Trinajstić information content (AvgIpc) is 2.50. The highest BCUT2D eigenvalue weighted by molar-refractivity contribution is 5.31. The Labute approximate surface area is 78.6 Å². The van der Waals surface area contributed by atoms with Crippen molar-refractivity contribution in [3.05, 3.63) is 12.3 Å². The van der Waals surface area contributed by atoms with E-state index in [9.17, 15) is 0 Å². The van der Waals surface area contributed by atoms with Crippen molar-refractivity contribution < 1.29 is 5.11 Å². The van der Waals surface area contributed by atoms with Gasteiger partial charge in [-0.1, -0.05) is 13.8 Å². The van der Waals surface area contributed by atoms with Gasteiger partial charge >= 0.3 is 0 Å². The minimum Gasteiger partial charge on any atom is -0.394 e. The largest absolute Gasteiger partial charge is 0.394 e. The fourth-order valence-electron chi connectivity index (χ4n) is 0.992. The zero-order valence-corrected chi connectivity index (χ0v) is 8.20. The molecule has 0 aliphatic rings. The zero-order chi connectivity index (χ0) is 9.68. The number of aliphatic hydroxyl groups excluding tert-OH is 1. The van der Waals surface area contributed by atoms with Crippen LogP contribution in [0.15, 0.2) is 12.3 Å². The number of hydrogen-bond donors (Lipinski definition) is 2. The number of aromatic nitrogens is 2. The lowest BCUT2D eigenvalue weighted by atomic mass is 10.2. The first-order chi connectivity index (χ1) is 6.22. The van der Waals surface area contributed by atoms with Gasteiger partial charge in [0.2, 0.25) is 0 Å². The molecular formula is C9H17N3O. The van der Waals surface area contributed by atoms with Crippen LogP contribution in [0.2, 0.25) is 0 Å². The fourth-order valence-corrected chi connectivity index (χ4v) is 0.992. The van der Waals surface area contributed by atoms with Crippen molar-refractivity contribution in [1.82, 2.24) is 9.78 Å². The Morgan fingerprint density at radius 3 is 3.00 bits per heavy atom. The molecule has 0 unspecified atom stereocenters. The maximum absolute atomic E-state index is 8.67. The van der Waals surface area contributed by atoms with Crippen LogP contribution in [-0.2, 0) is 6.54 Å². The monoisotopic (exact) mass is 183 g/mol. The Morgan fingerprint density at radius 2 is 2.38 bits per heavy atom. The molecule has 0 spiro atoms. The smallest absolute Gasteiger partial charge is 0.147 e. The highest BCUT2D eigenvalue weighted by atomic mass is 16.3. The topological polar surface area (TPSA) is 50.1 Å². The predicted octanol–water partition coefficient (Wildman–Crippen LogP) is 0.943. The zero-order valence-electron chi connectivity index (χ0n) is 8.20. The molecule has 0 fully saturated rings. The van der Waals surface area contributed by atoms with E-state index < -0.39 is 0 Å². The number of hydrogen-bond acceptors (Lipinski definition) is 3. The van der Waals surface area contributed by atoms with E-state index >= 15 is 0 Å². The minimum atomic E-state index is 0.130. The summed E-state index contributed by atoms with van der Waals surface area (Å²) in [7, 11) is 0. The van der Waals surface area contributed by atoms with Gasteiger partial charge in [-0.2, -0.15) is 5.10 Å². The lowest BCUT2D eigenvalue weighted by Gasteiger charge is -2.05. The molecule has 1 rings (SSSR count). The lowest BCUT2D eigenvalue weighted by molar-refractivity contribution is 0.269. The second-order valence-corrected chi connectivity index (χ2v) is 3.46. The maximum atomic E-state index is 8.67. The van der Waals surface area contributed by atoms with Gasteiger partial charge in [-0.15, -0.1) is 0 Å². The molecule has 0 aromatic carbocycles. The number of rotatable bonds is 5. The predicted molar refractivity (Wildman–Crippen MR) is 52.6 cm³/mol. The Bertz CT molecular complexity index is 245. The molecule has 0 radical (unpaired) electrons. The molecule has 1 aromatic heterocycles. The van der Waals surface area contributed by atoms with E-state index in [4.69, 9.17) is 5.11 Å². The first kappa shape index (κ1) is 10.1. The summed E-state index contributed by atoms with van der Waals surface area (Å²) >= 11 is 0. The van der Waals surface area contributed by atoms with Crippen molar-refractivity contribution in [2.75, 3.05) is 18.5 Å². The van der Waals surface area contributed by atoms with E-state index in [0.717, 1.165) is 12.4 Å². The van der Waals surface area contributed by atoms with E-state index in [1.165, 1.54) is 0 Å². The Morgan fingerprint density at radius 1 is 1.62 bits per heavy atom. The second-order valence-electron chi connectivity index (χ2n) is 3.46. The maximum Gasteiger partial charge on any atom is 0.147 e. The second kappa shape index (κ2) is 4.87. The van der Waals surface area contributed by atoms with Crippen LogP contribution in [0.5, 0.6) is 0 Å². The van der Waals surface area contributed by atoms with Crippen molar-refractivity contribution in [1.29, 1.82) is 0 Å². The highest BCUT2D eigenvalue weighted by Crippen LogP contribution is 2.03. The fraction of sp³-hybridized carbons (Fsp3) is 0.667. The third kappa shape index (κ3) is 3.46. The molecule has 4 heteroatoms. The van der Waals surface area contributed by atoms with Crippen LogP contribution >= 0.6 is 0 Å². The van der Waals surface area contributed by atoms with Gasteiger partial charge in [-0.05, 0) is 5.92 Å². The van der Waals surface area contributed by atoms with Gasteiger partial charge < -0.3 is 10.4 Å². The third-order valence-corrected chi connectivity index (χ3v) is 1.66. The van der Waals surface area contributed by atoms with Gasteiger partial charge in [0.05, 0.1) is 13.2 Å². The molecule has 1 aromatic rings. The van der Waals surface area contributed by atoms with Crippen molar-refractivity contribution in [2.24, 2.45) is 5.92 Å². The summed E-state index contributed by atoms with van der Waals surface area (Å²) in [4.78, 5) is 0. The molecular weight excluding hydrogens is 166 g/mol. The lowest BCUT2D eigenvalue weighted by Crippen LogP contribution is -2.09. The SMILES string of the molecule is CC(C)CNc1ccn(CCO)n1. The quantitative estimate of drug-likeness (QED) is 0.714. The van der Waals surface area contributed by atoms with E-state index in [1.807, 2.05) is 12.3 Å². The van der Waals surface area contributed by atoms with E-state index in [1.54, 1.807) is 4.68 Å². The van der Waals surface area contributed by atoms with Gasteiger partial charge in [0, 0.05) is 18.8 Å². The highest BCUT2D eigenvalue weighted by Gasteiger charge is 1.98. The average molecular weight is 183 g/mol. The Balaban J connectivity index is 2.39. The standard InChI is InChI=1S/C9H17N3O/c1-8(2)7-10-9-3-4-12(11-9)5-6-13/h3-4,8,13H,5-7H2,1-2H3,(H,10,11). The van der Waals surface area contributed by atoms with Gasteiger partial charge in [-0.3, -0.25) is 4.68 Å². The van der Waals surface area contributed by atoms with Gasteiger partial charge in [0.25, 0.3) is 0 Å². The van der Waals surface area contributed by atoms with Crippen LogP contribution in [0, 0.1) is 5.92 Å². The van der Waals surface area contributed by atoms with Crippen molar-refractivity contribution in [3.63, 3.8) is 0 Å². The first-order valence-corrected chi connectivity index (χ1v) is 4.60. The van der Waals surface area contributed by atoms with Gasteiger partial charge in [-0.25, -0.2) is 0 Å². The molecule has 74 valence electrons. The molecule has 4 nitrogen and oxygen atoms in total. The number of nitrogens with zero attached hydrogens (tertiary/aromatic N) is 2. The summed E-state index contributed by atoms with van der Waals surface area (Å²) in [5.41, 5.74) is 0. The number of anilines is 1. The molecule has 13 heavy (non-hydrogen) atoms. The summed E-state index contributed by atoms with van der Waals surface area (Å²) in [6, 6.07) is 1.91. The Hall–Kier alpha value is -1.03. The van der Waals surface area contributed by atoms with Crippen LogP contribution in [-0.4, -0.2) is 28.0 Å². The molecule has 0 aliphatic carbocycles. The van der Waals surface area contributed by atoms with Crippen LogP contribution in [0.4, 0.5) is 5.82 Å². The van der Waals surface area contributed by atoms with Crippen molar-refractivity contribution in [3.8, 4) is 0 Å². The summed E-state index contributed by atoms with van der Waals surface area (Å²) < 4.78 is 1.72. The summed E-state index contributed by atoms with van der Waals surface area (Å²) in [5.74, 6) is 1.49. The molecule has 1 heterocycles. The molecule has 0 aliphatic heterocycles. The van der Waals surface area contributed by atoms with Crippen LogP contribution in [0.1, 0.15) is 13.8 Å². The van der Waals surface area contributed by atoms with Crippen LogP contribution in [0.3, 0.4) is 0 Å². The van der Waals surface area contributed by atoms with Crippen molar-refractivity contribution >= 4 is 5.82 Å². The molecule has 0 saturated heterocycles.